The molecule has 2 heterocycles. The molecule has 0 spiro atoms. The normalized spacial score (nSPS) is 22.4. The van der Waals surface area contributed by atoms with E-state index in [0.29, 0.717) is 24.9 Å². The molecule has 0 aromatic carbocycles. The highest BCUT2D eigenvalue weighted by Gasteiger charge is 2.26. The Bertz CT molecular complexity index is 826. The molecule has 1 fully saturated rings. The van der Waals surface area contributed by atoms with Gasteiger partial charge < -0.3 is 20.4 Å². The number of esters is 1. The molecule has 2 aromatic rings. The van der Waals surface area contributed by atoms with E-state index in [2.05, 4.69) is 32.4 Å². The molecule has 25 heavy (non-hydrogen) atoms. The van der Waals surface area contributed by atoms with E-state index in [4.69, 9.17) is 10.5 Å². The van der Waals surface area contributed by atoms with Crippen LogP contribution in [0.2, 0.25) is 0 Å². The Hall–Kier alpha value is -2.64. The van der Waals surface area contributed by atoms with E-state index in [1.54, 1.807) is 13.3 Å². The number of ether oxygens (including phenoxy) is 1. The molecule has 2 aromatic heterocycles. The SMILES string of the molecule is CCC(=O)OC[C@@H]1C=C[C@H](n2cnc3c(NC4CC4)nc(N)nc32)C1. The first kappa shape index (κ1) is 15.9. The standard InChI is InChI=1S/C17H22N6O2/c1-2-13(24)25-8-10-3-6-12(7-10)23-9-19-14-15(20-11-4-5-11)21-17(18)22-16(14)23/h3,6,9-12H,2,4-5,7-8H2,1H3,(H3,18,20,21,22)/t10-,12+/m1/s1. The summed E-state index contributed by atoms with van der Waals surface area (Å²) in [6, 6.07) is 0.588. The van der Waals surface area contributed by atoms with E-state index in [9.17, 15) is 4.79 Å². The van der Waals surface area contributed by atoms with Gasteiger partial charge in [-0.25, -0.2) is 4.98 Å². The van der Waals surface area contributed by atoms with Gasteiger partial charge in [0.2, 0.25) is 5.95 Å². The van der Waals surface area contributed by atoms with Gasteiger partial charge >= 0.3 is 5.97 Å². The van der Waals surface area contributed by atoms with Gasteiger partial charge in [-0.05, 0) is 19.3 Å². The number of allylic oxidation sites excluding steroid dienone is 1. The van der Waals surface area contributed by atoms with Crippen molar-refractivity contribution in [2.75, 3.05) is 17.7 Å². The van der Waals surface area contributed by atoms with Crippen LogP contribution in [0.15, 0.2) is 18.5 Å². The molecule has 2 aliphatic rings. The second-order valence-corrected chi connectivity index (χ2v) is 6.66. The summed E-state index contributed by atoms with van der Waals surface area (Å²) in [7, 11) is 0. The smallest absolute Gasteiger partial charge is 0.305 e. The number of hydrogen-bond donors (Lipinski definition) is 2. The summed E-state index contributed by atoms with van der Waals surface area (Å²) in [5, 5.41) is 3.37. The van der Waals surface area contributed by atoms with Crippen LogP contribution in [-0.4, -0.2) is 38.1 Å². The van der Waals surface area contributed by atoms with E-state index in [0.717, 1.165) is 30.4 Å². The minimum absolute atomic E-state index is 0.124. The lowest BCUT2D eigenvalue weighted by Crippen LogP contribution is -2.13. The summed E-state index contributed by atoms with van der Waals surface area (Å²) >= 11 is 0. The van der Waals surface area contributed by atoms with Crippen LogP contribution >= 0.6 is 0 Å². The quantitative estimate of drug-likeness (QED) is 0.611. The van der Waals surface area contributed by atoms with Crippen molar-refractivity contribution in [2.45, 2.75) is 44.7 Å². The van der Waals surface area contributed by atoms with Crippen molar-refractivity contribution < 1.29 is 9.53 Å². The average molecular weight is 342 g/mol. The molecular weight excluding hydrogens is 320 g/mol. The first-order valence-electron chi connectivity index (χ1n) is 8.74. The third-order valence-electron chi connectivity index (χ3n) is 4.61. The Kier molecular flexibility index (Phi) is 4.03. The minimum atomic E-state index is -0.166. The number of fused-ring (bicyclic) bond motifs is 1. The van der Waals surface area contributed by atoms with Gasteiger partial charge in [-0.3, -0.25) is 4.79 Å². The van der Waals surface area contributed by atoms with E-state index in [1.807, 2.05) is 4.57 Å². The predicted octanol–water partition coefficient (Wildman–Crippen LogP) is 2.05. The molecule has 0 unspecified atom stereocenters. The minimum Gasteiger partial charge on any atom is -0.465 e. The first-order valence-corrected chi connectivity index (χ1v) is 8.74. The first-order chi connectivity index (χ1) is 12.1. The van der Waals surface area contributed by atoms with Crippen molar-refractivity contribution in [3.05, 3.63) is 18.5 Å². The van der Waals surface area contributed by atoms with Crippen LogP contribution in [0.3, 0.4) is 0 Å². The van der Waals surface area contributed by atoms with E-state index in [-0.39, 0.29) is 23.9 Å². The summed E-state index contributed by atoms with van der Waals surface area (Å²) in [4.78, 5) is 24.5. The molecule has 8 nitrogen and oxygen atoms in total. The van der Waals surface area contributed by atoms with Crippen LogP contribution in [0, 0.1) is 5.92 Å². The average Bonchev–Trinajstić information content (AvgIpc) is 3.12. The maximum atomic E-state index is 11.3. The molecule has 0 aliphatic heterocycles. The fraction of sp³-hybridized carbons (Fsp3) is 0.529. The third-order valence-corrected chi connectivity index (χ3v) is 4.61. The number of nitrogens with zero attached hydrogens (tertiary/aromatic N) is 4. The van der Waals surface area contributed by atoms with Gasteiger partial charge in [0, 0.05) is 18.4 Å². The number of rotatable bonds is 6. The van der Waals surface area contributed by atoms with Crippen molar-refractivity contribution in [3.8, 4) is 0 Å². The lowest BCUT2D eigenvalue weighted by atomic mass is 10.1. The van der Waals surface area contributed by atoms with Crippen LogP contribution in [0.4, 0.5) is 11.8 Å². The summed E-state index contributed by atoms with van der Waals surface area (Å²) < 4.78 is 7.26. The van der Waals surface area contributed by atoms with E-state index >= 15 is 0 Å². The lowest BCUT2D eigenvalue weighted by Gasteiger charge is -2.14. The zero-order valence-electron chi connectivity index (χ0n) is 14.2. The number of imidazole rings is 1. The van der Waals surface area contributed by atoms with Gasteiger partial charge in [-0.1, -0.05) is 19.1 Å². The van der Waals surface area contributed by atoms with Gasteiger partial charge in [-0.15, -0.1) is 0 Å². The van der Waals surface area contributed by atoms with Crippen molar-refractivity contribution in [2.24, 2.45) is 5.92 Å². The van der Waals surface area contributed by atoms with Crippen LogP contribution in [-0.2, 0) is 9.53 Å². The van der Waals surface area contributed by atoms with Crippen molar-refractivity contribution >= 4 is 28.9 Å². The molecule has 132 valence electrons. The highest BCUT2D eigenvalue weighted by Crippen LogP contribution is 2.33. The molecule has 0 saturated heterocycles. The van der Waals surface area contributed by atoms with Gasteiger partial charge in [0.15, 0.2) is 17.0 Å². The predicted molar refractivity (Wildman–Crippen MR) is 93.9 cm³/mol. The summed E-state index contributed by atoms with van der Waals surface area (Å²) in [5.74, 6) is 0.995. The molecule has 1 saturated carbocycles. The van der Waals surface area contributed by atoms with Crippen LogP contribution < -0.4 is 11.1 Å². The monoisotopic (exact) mass is 342 g/mol. The van der Waals surface area contributed by atoms with E-state index in [1.165, 1.54) is 0 Å². The number of carbonyl (C=O) groups excluding carboxylic acids is 1. The maximum absolute atomic E-state index is 11.3. The molecule has 3 N–H and O–H groups in total. The highest BCUT2D eigenvalue weighted by molar-refractivity contribution is 5.84. The van der Waals surface area contributed by atoms with Gasteiger partial charge in [0.05, 0.1) is 19.0 Å². The second kappa shape index (κ2) is 6.34. The number of aromatic nitrogens is 4. The number of carbonyl (C=O) groups is 1. The number of anilines is 2. The van der Waals surface area contributed by atoms with Crippen molar-refractivity contribution in [3.63, 3.8) is 0 Å². The Labute approximate surface area is 145 Å². The Balaban J connectivity index is 1.53. The number of hydrogen-bond acceptors (Lipinski definition) is 7. The fourth-order valence-corrected chi connectivity index (χ4v) is 3.08. The zero-order chi connectivity index (χ0) is 17.4. The largest absolute Gasteiger partial charge is 0.465 e. The second-order valence-electron chi connectivity index (χ2n) is 6.66. The Morgan fingerprint density at radius 1 is 1.40 bits per heavy atom. The lowest BCUT2D eigenvalue weighted by molar-refractivity contribution is -0.144. The van der Waals surface area contributed by atoms with Gasteiger partial charge in [-0.2, -0.15) is 9.97 Å². The number of nitrogen functional groups attached to an aromatic ring is 1. The fourth-order valence-electron chi connectivity index (χ4n) is 3.08. The molecule has 2 aliphatic carbocycles. The summed E-state index contributed by atoms with van der Waals surface area (Å²) in [5.41, 5.74) is 7.37. The molecule has 0 amide bonds. The van der Waals surface area contributed by atoms with Crippen LogP contribution in [0.5, 0.6) is 0 Å². The molecule has 8 heteroatoms. The highest BCUT2D eigenvalue weighted by atomic mass is 16.5. The van der Waals surface area contributed by atoms with Crippen molar-refractivity contribution in [1.29, 1.82) is 0 Å². The topological polar surface area (TPSA) is 108 Å². The van der Waals surface area contributed by atoms with Gasteiger partial charge in [0.1, 0.15) is 0 Å². The molecule has 2 atom stereocenters. The van der Waals surface area contributed by atoms with E-state index < -0.39 is 0 Å². The molecule has 0 radical (unpaired) electrons. The summed E-state index contributed by atoms with van der Waals surface area (Å²) in [6.45, 7) is 2.21. The van der Waals surface area contributed by atoms with Crippen LogP contribution in [0.1, 0.15) is 38.6 Å². The van der Waals surface area contributed by atoms with Gasteiger partial charge in [0.25, 0.3) is 0 Å². The third kappa shape index (κ3) is 3.29. The zero-order valence-corrected chi connectivity index (χ0v) is 14.2. The summed E-state index contributed by atoms with van der Waals surface area (Å²) in [6.07, 6.45) is 9.53. The maximum Gasteiger partial charge on any atom is 0.305 e. The molecule has 0 bridgehead atoms. The number of nitrogens with two attached hydrogens (primary N) is 1. The number of nitrogens with one attached hydrogen (secondary N) is 1. The Morgan fingerprint density at radius 2 is 2.24 bits per heavy atom. The van der Waals surface area contributed by atoms with Crippen LogP contribution in [0.25, 0.3) is 11.2 Å². The molecule has 4 rings (SSSR count). The van der Waals surface area contributed by atoms with Crippen molar-refractivity contribution in [1.82, 2.24) is 19.5 Å². The molecular formula is C17H22N6O2. The Morgan fingerprint density at radius 3 is 3.00 bits per heavy atom.